The van der Waals surface area contributed by atoms with Crippen molar-refractivity contribution in [1.82, 2.24) is 9.80 Å². The van der Waals surface area contributed by atoms with Crippen LogP contribution < -0.4 is 0 Å². The standard InChI is InChI=1S/C20H30N2O3.C2HF3O2/c1-15-4-6-16(7-5-15)12-22-11-10-19-18(22)9-8-17(25-19)13-24-14-20(23)21(2)3;3-2(4,5)1(6)7/h4-7,17-19H,8-14H2,1-3H3;(H,6,7)/t17-,18+,19+;/m1./s1. The van der Waals surface area contributed by atoms with Crippen LogP contribution in [0.2, 0.25) is 0 Å². The van der Waals surface area contributed by atoms with Gasteiger partial charge in [0, 0.05) is 33.2 Å². The highest BCUT2D eigenvalue weighted by Crippen LogP contribution is 2.32. The summed E-state index contributed by atoms with van der Waals surface area (Å²) in [4.78, 5) is 24.6. The van der Waals surface area contributed by atoms with Gasteiger partial charge in [0.05, 0.1) is 18.8 Å². The molecule has 0 aliphatic carbocycles. The Bertz CT molecular complexity index is 755. The number of fused-ring (bicyclic) bond motifs is 1. The topological polar surface area (TPSA) is 79.3 Å². The molecule has 7 nitrogen and oxygen atoms in total. The van der Waals surface area contributed by atoms with E-state index < -0.39 is 12.1 Å². The molecule has 1 amide bonds. The molecule has 3 rings (SSSR count). The summed E-state index contributed by atoms with van der Waals surface area (Å²) in [6, 6.07) is 9.34. The van der Waals surface area contributed by atoms with Crippen LogP contribution in [0, 0.1) is 6.92 Å². The van der Waals surface area contributed by atoms with Gasteiger partial charge in [0.2, 0.25) is 5.91 Å². The zero-order valence-corrected chi connectivity index (χ0v) is 18.6. The van der Waals surface area contributed by atoms with Crippen LogP contribution in [0.4, 0.5) is 13.2 Å². The maximum absolute atomic E-state index is 11.6. The highest BCUT2D eigenvalue weighted by molar-refractivity contribution is 5.76. The molecule has 2 aliphatic rings. The molecule has 0 spiro atoms. The Labute approximate surface area is 186 Å². The van der Waals surface area contributed by atoms with E-state index in [1.165, 1.54) is 11.1 Å². The fourth-order valence-corrected chi connectivity index (χ4v) is 3.74. The molecule has 180 valence electrons. The van der Waals surface area contributed by atoms with Gasteiger partial charge in [0.15, 0.2) is 0 Å². The number of hydrogen-bond donors (Lipinski definition) is 1. The lowest BCUT2D eigenvalue weighted by Crippen LogP contribution is -2.43. The minimum absolute atomic E-state index is 0.00109. The average Bonchev–Trinajstić information content (AvgIpc) is 3.11. The smallest absolute Gasteiger partial charge is 0.475 e. The number of carbonyl (C=O) groups is 2. The summed E-state index contributed by atoms with van der Waals surface area (Å²) in [5.74, 6) is -2.76. The lowest BCUT2D eigenvalue weighted by atomic mass is 9.99. The zero-order valence-electron chi connectivity index (χ0n) is 18.6. The number of ether oxygens (including phenoxy) is 2. The van der Waals surface area contributed by atoms with Crippen molar-refractivity contribution in [3.8, 4) is 0 Å². The van der Waals surface area contributed by atoms with Crippen LogP contribution >= 0.6 is 0 Å². The summed E-state index contributed by atoms with van der Waals surface area (Å²) in [5.41, 5.74) is 2.68. The van der Waals surface area contributed by atoms with E-state index in [0.29, 0.717) is 18.8 Å². The molecule has 0 unspecified atom stereocenters. The van der Waals surface area contributed by atoms with Gasteiger partial charge in [-0.3, -0.25) is 9.69 Å². The number of likely N-dealkylation sites (N-methyl/N-ethyl adjacent to an activating group) is 1. The van der Waals surface area contributed by atoms with E-state index in [9.17, 15) is 18.0 Å². The lowest BCUT2D eigenvalue weighted by Gasteiger charge is -2.36. The van der Waals surface area contributed by atoms with Crippen molar-refractivity contribution in [3.63, 3.8) is 0 Å². The predicted octanol–water partition coefficient (Wildman–Crippen LogP) is 2.86. The SMILES string of the molecule is Cc1ccc(CN2CC[C@@H]3O[C@@H](COCC(=O)N(C)C)CC[C@@H]32)cc1.O=C(O)C(F)(F)F. The molecule has 3 atom stereocenters. The van der Waals surface area contributed by atoms with Crippen molar-refractivity contribution in [2.45, 2.75) is 57.2 Å². The minimum atomic E-state index is -5.08. The number of likely N-dealkylation sites (tertiary alicyclic amines) is 1. The minimum Gasteiger partial charge on any atom is -0.475 e. The van der Waals surface area contributed by atoms with Crippen LogP contribution in [0.5, 0.6) is 0 Å². The molecular weight excluding hydrogens is 429 g/mol. The molecular formula is C22H31F3N2O5. The summed E-state index contributed by atoms with van der Waals surface area (Å²) in [6.07, 6.45) is -1.43. The number of aryl methyl sites for hydroxylation is 1. The highest BCUT2D eigenvalue weighted by Gasteiger charge is 2.40. The molecule has 1 aromatic rings. The Hall–Kier alpha value is -2.17. The monoisotopic (exact) mass is 460 g/mol. The number of carbonyl (C=O) groups excluding carboxylic acids is 1. The number of benzene rings is 1. The molecule has 0 aromatic heterocycles. The Balaban J connectivity index is 0.000000451. The molecule has 2 saturated heterocycles. The number of amides is 1. The number of nitrogens with zero attached hydrogens (tertiary/aromatic N) is 2. The third-order valence-corrected chi connectivity index (χ3v) is 5.53. The van der Waals surface area contributed by atoms with E-state index in [-0.39, 0.29) is 18.6 Å². The van der Waals surface area contributed by atoms with E-state index in [1.807, 2.05) is 0 Å². The largest absolute Gasteiger partial charge is 0.490 e. The van der Waals surface area contributed by atoms with Gasteiger partial charge < -0.3 is 19.5 Å². The highest BCUT2D eigenvalue weighted by atomic mass is 19.4. The molecule has 2 heterocycles. The molecule has 1 N–H and O–H groups in total. The first-order valence-electron chi connectivity index (χ1n) is 10.5. The van der Waals surface area contributed by atoms with Crippen molar-refractivity contribution in [2.75, 3.05) is 33.9 Å². The van der Waals surface area contributed by atoms with Crippen molar-refractivity contribution in [2.24, 2.45) is 0 Å². The maximum Gasteiger partial charge on any atom is 0.490 e. The van der Waals surface area contributed by atoms with Gasteiger partial charge in [0.25, 0.3) is 0 Å². The Morgan fingerprint density at radius 3 is 2.38 bits per heavy atom. The van der Waals surface area contributed by atoms with E-state index in [4.69, 9.17) is 19.4 Å². The second-order valence-electron chi connectivity index (χ2n) is 8.29. The molecule has 0 radical (unpaired) electrons. The van der Waals surface area contributed by atoms with Gasteiger partial charge in [-0.15, -0.1) is 0 Å². The average molecular weight is 460 g/mol. The molecule has 2 aliphatic heterocycles. The van der Waals surface area contributed by atoms with Gasteiger partial charge in [-0.05, 0) is 31.7 Å². The Morgan fingerprint density at radius 2 is 1.81 bits per heavy atom. The Morgan fingerprint density at radius 1 is 1.19 bits per heavy atom. The van der Waals surface area contributed by atoms with Crippen molar-refractivity contribution in [1.29, 1.82) is 0 Å². The first-order chi connectivity index (χ1) is 15.0. The predicted molar refractivity (Wildman–Crippen MR) is 111 cm³/mol. The fraction of sp³-hybridized carbons (Fsp3) is 0.636. The van der Waals surface area contributed by atoms with Crippen LogP contribution in [-0.4, -0.2) is 85.1 Å². The molecule has 1 aromatic carbocycles. The third-order valence-electron chi connectivity index (χ3n) is 5.53. The van der Waals surface area contributed by atoms with Gasteiger partial charge in [-0.2, -0.15) is 13.2 Å². The first kappa shape index (κ1) is 26.1. The van der Waals surface area contributed by atoms with Gasteiger partial charge in [0.1, 0.15) is 6.61 Å². The summed E-state index contributed by atoms with van der Waals surface area (Å²) in [7, 11) is 3.49. The van der Waals surface area contributed by atoms with Crippen LogP contribution in [0.15, 0.2) is 24.3 Å². The third kappa shape index (κ3) is 8.07. The normalized spacial score (nSPS) is 23.1. The van der Waals surface area contributed by atoms with E-state index in [1.54, 1.807) is 19.0 Å². The Kier molecular flexibility index (Phi) is 9.47. The summed E-state index contributed by atoms with van der Waals surface area (Å²) >= 11 is 0. The van der Waals surface area contributed by atoms with Crippen LogP contribution in [0.1, 0.15) is 30.4 Å². The van der Waals surface area contributed by atoms with Crippen LogP contribution in [-0.2, 0) is 25.6 Å². The number of rotatable bonds is 6. The number of carboxylic acid groups (broad SMARTS) is 1. The second-order valence-corrected chi connectivity index (χ2v) is 8.29. The molecule has 10 heteroatoms. The zero-order chi connectivity index (χ0) is 23.9. The number of halogens is 3. The van der Waals surface area contributed by atoms with E-state index in [2.05, 4.69) is 36.1 Å². The van der Waals surface area contributed by atoms with Crippen LogP contribution in [0.3, 0.4) is 0 Å². The van der Waals surface area contributed by atoms with Gasteiger partial charge >= 0.3 is 12.1 Å². The van der Waals surface area contributed by atoms with Crippen molar-refractivity contribution < 1.29 is 37.3 Å². The second kappa shape index (κ2) is 11.6. The quantitative estimate of drug-likeness (QED) is 0.704. The maximum atomic E-state index is 11.6. The number of alkyl halides is 3. The lowest BCUT2D eigenvalue weighted by molar-refractivity contribution is -0.192. The number of carboxylic acids is 1. The van der Waals surface area contributed by atoms with Gasteiger partial charge in [-0.1, -0.05) is 29.8 Å². The van der Waals surface area contributed by atoms with E-state index in [0.717, 1.165) is 32.4 Å². The molecule has 0 bridgehead atoms. The summed E-state index contributed by atoms with van der Waals surface area (Å²) < 4.78 is 43.5. The van der Waals surface area contributed by atoms with Crippen molar-refractivity contribution >= 4 is 11.9 Å². The molecule has 0 saturated carbocycles. The fourth-order valence-electron chi connectivity index (χ4n) is 3.74. The van der Waals surface area contributed by atoms with Crippen LogP contribution in [0.25, 0.3) is 0 Å². The number of hydrogen-bond acceptors (Lipinski definition) is 5. The summed E-state index contributed by atoms with van der Waals surface area (Å²) in [5, 5.41) is 7.12. The molecule has 2 fully saturated rings. The van der Waals surface area contributed by atoms with E-state index >= 15 is 0 Å². The number of aliphatic carboxylic acids is 1. The molecule has 32 heavy (non-hydrogen) atoms. The van der Waals surface area contributed by atoms with Gasteiger partial charge in [-0.25, -0.2) is 4.79 Å². The first-order valence-corrected chi connectivity index (χ1v) is 10.5. The summed E-state index contributed by atoms with van der Waals surface area (Å²) in [6.45, 7) is 4.87. The van der Waals surface area contributed by atoms with Crippen molar-refractivity contribution in [3.05, 3.63) is 35.4 Å².